The van der Waals surface area contributed by atoms with Crippen molar-refractivity contribution >= 4 is 107 Å². The SMILES string of the molecule is CC1(C)c2ccccc2-c2ccc(N(c3ccc(-c4ccccc4)cc3)c3ccc(-c4ccc5c(c4)c4cc(CO)ccc4n5-c4ccc(CO)cc4)cc3)cc21.CC1(C)c2ccccc2-c2ccc(N(c3ccc(-c4ccccc4)cc3)c3ccc(-c4ccc5c(c4)c4cc(COC6Cc7ccccc76)ccc4n5-c4ccc(COC5Cc6ccccc65)cc4)cc3)cc21.[2H]CF.[B]B(C)Br. The monoisotopic (exact) mass is 1830 g/mol. The number of alkyl halides is 1. The van der Waals surface area contributed by atoms with Gasteiger partial charge in [-0.1, -0.05) is 301 Å². The van der Waals surface area contributed by atoms with E-state index in [1.165, 1.54) is 128 Å². The molecule has 0 amide bonds. The van der Waals surface area contributed by atoms with Gasteiger partial charge in [-0.3, -0.25) is 4.39 Å². The maximum atomic E-state index is 10.1. The van der Waals surface area contributed by atoms with Crippen LogP contribution < -0.4 is 9.80 Å². The molecule has 8 nitrogen and oxygen atoms in total. The number of fused-ring (bicyclic) bond motifs is 14. The van der Waals surface area contributed by atoms with E-state index in [0.29, 0.717) is 13.2 Å². The van der Waals surface area contributed by atoms with Crippen molar-refractivity contribution in [2.75, 3.05) is 17.0 Å². The Bertz CT molecular complexity index is 7840. The maximum Gasteiger partial charge on any atom is 0.168 e. The maximum absolute atomic E-state index is 10.1. The molecule has 0 bridgehead atoms. The summed E-state index contributed by atoms with van der Waals surface area (Å²) < 4.78 is 33.1. The fraction of sp³-hybridized carbons (Fsp3) is 0.129. The highest BCUT2D eigenvalue weighted by Crippen LogP contribution is 2.54. The average molecular weight is 1830 g/mol. The first-order valence-corrected chi connectivity index (χ1v) is 47.7. The lowest BCUT2D eigenvalue weighted by Crippen LogP contribution is -2.19. The number of rotatable bonds is 20. The molecule has 20 aromatic rings. The average Bonchev–Trinajstić information content (AvgIpc) is 1.59. The first-order valence-electron chi connectivity index (χ1n) is 47.5. The van der Waals surface area contributed by atoms with Gasteiger partial charge >= 0.3 is 0 Å². The summed E-state index contributed by atoms with van der Waals surface area (Å²) in [6.07, 6.45) is 2.26. The molecule has 0 saturated carbocycles. The molecule has 12 heteroatoms. The number of aliphatic hydroxyl groups is 2. The molecule has 136 heavy (non-hydrogen) atoms. The van der Waals surface area contributed by atoms with E-state index in [0.717, 1.165) is 108 Å². The summed E-state index contributed by atoms with van der Waals surface area (Å²) in [4.78, 5) is 4.78. The van der Waals surface area contributed by atoms with Crippen LogP contribution in [0.15, 0.2) is 413 Å². The number of anilines is 6. The second-order valence-corrected chi connectivity index (χ2v) is 38.4. The van der Waals surface area contributed by atoms with Gasteiger partial charge in [0, 0.05) is 98.5 Å². The van der Waals surface area contributed by atoms with Crippen LogP contribution in [0.5, 0.6) is 0 Å². The van der Waals surface area contributed by atoms with Gasteiger partial charge in [0.25, 0.3) is 0 Å². The van der Waals surface area contributed by atoms with E-state index in [-0.39, 0.29) is 41.7 Å². The Morgan fingerprint density at radius 1 is 0.338 bits per heavy atom. The quantitative estimate of drug-likeness (QED) is 0.0741. The Kier molecular flexibility index (Phi) is 23.9. The third-order valence-electron chi connectivity index (χ3n) is 28.0. The van der Waals surface area contributed by atoms with Crippen molar-refractivity contribution < 1.29 is 25.4 Å². The van der Waals surface area contributed by atoms with Crippen LogP contribution in [-0.2, 0) is 59.6 Å². The van der Waals surface area contributed by atoms with Crippen LogP contribution in [0.2, 0.25) is 6.82 Å². The van der Waals surface area contributed by atoms with Crippen molar-refractivity contribution in [3.05, 3.63) is 479 Å². The molecule has 0 spiro atoms. The summed E-state index contributed by atoms with van der Waals surface area (Å²) >= 11 is 3.05. The predicted octanol–water partition coefficient (Wildman–Crippen LogP) is 31.7. The number of halogens is 2. The van der Waals surface area contributed by atoms with Crippen LogP contribution in [0, 0.1) is 0 Å². The number of ether oxygens (including phenoxy) is 2. The van der Waals surface area contributed by atoms with E-state index in [2.05, 4.69) is 457 Å². The molecule has 4 aliphatic rings. The summed E-state index contributed by atoms with van der Waals surface area (Å²) in [5.74, 6) is 0. The molecule has 0 fully saturated rings. The number of hydrogen-bond acceptors (Lipinski definition) is 6. The van der Waals surface area contributed by atoms with E-state index >= 15 is 0 Å². The molecule has 2 atom stereocenters. The van der Waals surface area contributed by atoms with Crippen LogP contribution in [0.3, 0.4) is 0 Å². The summed E-state index contributed by atoms with van der Waals surface area (Å²) in [5, 5.41) is 24.4. The molecule has 0 aliphatic heterocycles. The molecule has 24 rings (SSSR count). The minimum absolute atomic E-state index is 0.00798. The van der Waals surface area contributed by atoms with Crippen LogP contribution in [0.4, 0.5) is 38.5 Å². The van der Waals surface area contributed by atoms with Gasteiger partial charge in [-0.25, -0.2) is 0 Å². The van der Waals surface area contributed by atoms with Gasteiger partial charge in [-0.2, -0.15) is 15.8 Å². The Morgan fingerprint density at radius 2 is 0.632 bits per heavy atom. The zero-order chi connectivity index (χ0) is 93.6. The van der Waals surface area contributed by atoms with Gasteiger partial charge < -0.3 is 38.6 Å². The van der Waals surface area contributed by atoms with Crippen molar-refractivity contribution in [3.63, 3.8) is 0 Å². The fourth-order valence-electron chi connectivity index (χ4n) is 20.9. The summed E-state index contributed by atoms with van der Waals surface area (Å²) in [6, 6.07) is 150. The molecule has 4 aliphatic carbocycles. The Labute approximate surface area is 806 Å². The third kappa shape index (κ3) is 16.7. The van der Waals surface area contributed by atoms with Crippen molar-refractivity contribution in [2.24, 2.45) is 0 Å². The molecule has 0 saturated heterocycles. The van der Waals surface area contributed by atoms with Gasteiger partial charge in [0.05, 0.1) is 69.2 Å². The van der Waals surface area contributed by atoms with Crippen molar-refractivity contribution in [1.82, 2.24) is 9.13 Å². The highest BCUT2D eigenvalue weighted by atomic mass is 79.9. The van der Waals surface area contributed by atoms with Gasteiger partial charge in [-0.15, -0.1) is 0 Å². The van der Waals surface area contributed by atoms with Crippen molar-refractivity contribution in [1.29, 1.82) is 0 Å². The third-order valence-corrected chi connectivity index (χ3v) is 28.0. The van der Waals surface area contributed by atoms with E-state index < -0.39 is 7.15 Å². The zero-order valence-electron chi connectivity index (χ0n) is 77.8. The first kappa shape index (κ1) is 86.9. The molecular weight excluding hydrogens is 1730 g/mol. The summed E-state index contributed by atoms with van der Waals surface area (Å²) in [7, 11) is 4.03. The van der Waals surface area contributed by atoms with Crippen LogP contribution >= 0.6 is 15.8 Å². The smallest absolute Gasteiger partial charge is 0.168 e. The minimum Gasteiger partial charge on any atom is -0.392 e. The van der Waals surface area contributed by atoms with Gasteiger partial charge in [-0.05, 0) is 279 Å². The van der Waals surface area contributed by atoms with Crippen molar-refractivity contribution in [2.45, 2.75) is 96.8 Å². The summed E-state index contributed by atoms with van der Waals surface area (Å²) in [6.45, 7) is 12.4. The molecule has 2 unspecified atom stereocenters. The lowest BCUT2D eigenvalue weighted by atomic mass is 9.58. The number of aliphatic hydroxyl groups excluding tert-OH is 2. The van der Waals surface area contributed by atoms with E-state index in [9.17, 15) is 14.6 Å². The first-order chi connectivity index (χ1) is 67.0. The van der Waals surface area contributed by atoms with Crippen molar-refractivity contribution in [3.8, 4) is 78.1 Å². The van der Waals surface area contributed by atoms with Gasteiger partial charge in [0.2, 0.25) is 0 Å². The second-order valence-electron chi connectivity index (χ2n) is 37.0. The lowest BCUT2D eigenvalue weighted by Gasteiger charge is -2.30. The standard InChI is InChI=1S/C69H54N2O2.C53H42N2O2.CH3B2Br.CH3F/c1-69(2)63-19-11-10-18-59(63)60-35-34-56(42-64(60)69)70(53-30-23-48(24-31-53)47-12-4-3-5-13-47)54-32-25-49(26-33-54)50-27-37-66-62(39-50)61-38-46(44-73-68-41-52-15-7-9-17-58(52)68)22-36-65(61)71(66)55-28-20-45(21-29-55)43-72-67-40-51-14-6-8-16-57(51)67;1-53(2)49-11-7-6-10-45(49)46-27-26-44(32-50(46)53)54(41-22-15-38(16-23-41)37-8-4-3-5-9-37)42-24-17-39(18-25-42)40-19-29-52-48(31-40)47-30-36(34-57)14-28-51(47)55(52)43-20-12-35(33-56)13-21-43;1-3(2)4;1-2/h3-39,42,67-68H,40-41,43-44H2,1-2H3;3-32,56-57H,33-34H2,1-2H3;1H3;1H3/i;;;1D. The predicted molar refractivity (Wildman–Crippen MR) is 568 cm³/mol. The van der Waals surface area contributed by atoms with E-state index in [1.54, 1.807) is 0 Å². The molecule has 2 radical (unpaired) electrons. The molecule has 2 N–H and O–H groups in total. The Morgan fingerprint density at radius 3 is 1.03 bits per heavy atom. The van der Waals surface area contributed by atoms with Crippen LogP contribution in [0.1, 0.15) is 108 Å². The highest BCUT2D eigenvalue weighted by molar-refractivity contribution is 9.25. The normalized spacial score (nSPS) is 14.2. The largest absolute Gasteiger partial charge is 0.392 e. The Balaban J connectivity index is 0.000000157. The van der Waals surface area contributed by atoms with Crippen LogP contribution in [-0.4, -0.2) is 39.7 Å². The lowest BCUT2D eigenvalue weighted by molar-refractivity contribution is 0.0244. The molecule has 18 aromatic carbocycles. The van der Waals surface area contributed by atoms with E-state index in [4.69, 9.17) is 18.6 Å². The van der Waals surface area contributed by atoms with E-state index in [1.807, 2.05) is 25.0 Å². The zero-order valence-corrected chi connectivity index (χ0v) is 78.4. The number of aromatic nitrogens is 2. The fourth-order valence-corrected chi connectivity index (χ4v) is 20.9. The number of benzene rings is 18. The minimum atomic E-state index is -1.00. The summed E-state index contributed by atoms with van der Waals surface area (Å²) in [5.41, 5.74) is 42.8. The topological polar surface area (TPSA) is 75.3 Å². The molecule has 2 heterocycles. The van der Waals surface area contributed by atoms with Crippen LogP contribution in [0.25, 0.3) is 122 Å². The Hall–Kier alpha value is -14.5. The van der Waals surface area contributed by atoms with Gasteiger partial charge in [0.15, 0.2) is 5.43 Å². The second kappa shape index (κ2) is 37.4. The number of nitrogens with zero attached hydrogens (tertiary/aromatic N) is 4. The number of hydrogen-bond donors (Lipinski definition) is 2. The molecule has 2 aromatic heterocycles. The molecule has 662 valence electrons. The van der Waals surface area contributed by atoms with Gasteiger partial charge in [0.1, 0.15) is 0 Å². The highest BCUT2D eigenvalue weighted by Gasteiger charge is 2.38. The molecular formula is C124H102B2BrFN4O4.